The van der Waals surface area contributed by atoms with Gasteiger partial charge in [0.25, 0.3) is 17.4 Å². The molecule has 0 radical (unpaired) electrons. The van der Waals surface area contributed by atoms with Crippen molar-refractivity contribution < 1.29 is 19.1 Å². The summed E-state index contributed by atoms with van der Waals surface area (Å²) in [7, 11) is 7.06. The zero-order valence-electron chi connectivity index (χ0n) is 26.6. The molecule has 1 aromatic heterocycles. The van der Waals surface area contributed by atoms with Crippen LogP contribution in [0.25, 0.3) is 11.1 Å². The van der Waals surface area contributed by atoms with Gasteiger partial charge in [-0.3, -0.25) is 19.2 Å². The maximum absolute atomic E-state index is 13.2. The molecule has 11 heteroatoms. The molecule has 0 saturated heterocycles. The van der Waals surface area contributed by atoms with Crippen LogP contribution >= 0.6 is 0 Å². The predicted molar refractivity (Wildman–Crippen MR) is 183 cm³/mol. The van der Waals surface area contributed by atoms with Gasteiger partial charge >= 0.3 is 0 Å². The van der Waals surface area contributed by atoms with Gasteiger partial charge in [-0.25, -0.2) is 0 Å². The third-order valence-electron chi connectivity index (χ3n) is 7.30. The molecular weight excluding hydrogens is 584 g/mol. The highest BCUT2D eigenvalue weighted by atomic mass is 16.5. The summed E-state index contributed by atoms with van der Waals surface area (Å²) in [5.74, 6) is -1.12. The number of carbonyl (C=O) groups is 3. The molecule has 0 spiro atoms. The molecule has 3 amide bonds. The molecule has 0 aliphatic rings. The number of pyridine rings is 1. The number of carbonyl (C=O) groups excluding carboxylic acids is 3. The number of benzene rings is 3. The van der Waals surface area contributed by atoms with Crippen LogP contribution in [-0.2, 0) is 16.6 Å². The highest BCUT2D eigenvalue weighted by molar-refractivity contribution is 6.07. The molecule has 0 aliphatic carbocycles. The molecule has 0 aliphatic heterocycles. The predicted octanol–water partition coefficient (Wildman–Crippen LogP) is 4.92. The second-order valence-electron chi connectivity index (χ2n) is 10.8. The first-order valence-electron chi connectivity index (χ1n) is 14.5. The number of aromatic nitrogens is 1. The van der Waals surface area contributed by atoms with Gasteiger partial charge in [-0.2, -0.15) is 0 Å². The molecule has 3 aromatic carbocycles. The number of ether oxygens (including phenoxy) is 1. The van der Waals surface area contributed by atoms with Gasteiger partial charge in [-0.15, -0.1) is 0 Å². The monoisotopic (exact) mass is 622 g/mol. The van der Waals surface area contributed by atoms with Crippen molar-refractivity contribution in [3.05, 3.63) is 113 Å². The number of methoxy groups -OCH3 is 1. The summed E-state index contributed by atoms with van der Waals surface area (Å²) in [6, 6.07) is 19.4. The van der Waals surface area contributed by atoms with Crippen molar-refractivity contribution in [2.75, 3.05) is 55.2 Å². The molecular formula is C35H38N6O5. The van der Waals surface area contributed by atoms with E-state index in [2.05, 4.69) is 27.8 Å². The molecule has 238 valence electrons. The lowest BCUT2D eigenvalue weighted by atomic mass is 9.99. The van der Waals surface area contributed by atoms with Crippen LogP contribution in [0, 0.1) is 6.92 Å². The highest BCUT2D eigenvalue weighted by Gasteiger charge is 2.16. The minimum absolute atomic E-state index is 0.233. The Morgan fingerprint density at radius 1 is 0.935 bits per heavy atom. The Hall–Kier alpha value is -5.68. The van der Waals surface area contributed by atoms with Crippen LogP contribution in [0.4, 0.5) is 28.4 Å². The first-order chi connectivity index (χ1) is 22.0. The second-order valence-corrected chi connectivity index (χ2v) is 10.8. The van der Waals surface area contributed by atoms with E-state index in [1.165, 1.54) is 11.7 Å². The van der Waals surface area contributed by atoms with Gasteiger partial charge in [0, 0.05) is 69.2 Å². The van der Waals surface area contributed by atoms with E-state index in [1.54, 1.807) is 49.6 Å². The molecule has 0 saturated carbocycles. The number of anilines is 5. The Morgan fingerprint density at radius 2 is 1.67 bits per heavy atom. The number of hydrogen-bond donors (Lipinski definition) is 4. The van der Waals surface area contributed by atoms with Crippen molar-refractivity contribution in [2.45, 2.75) is 6.92 Å². The lowest BCUT2D eigenvalue weighted by Crippen LogP contribution is -2.28. The van der Waals surface area contributed by atoms with Gasteiger partial charge in [0.1, 0.15) is 5.69 Å². The van der Waals surface area contributed by atoms with Crippen molar-refractivity contribution in [1.29, 1.82) is 0 Å². The van der Waals surface area contributed by atoms with Gasteiger partial charge in [0.05, 0.1) is 17.9 Å². The van der Waals surface area contributed by atoms with Crippen molar-refractivity contribution in [3.63, 3.8) is 0 Å². The van der Waals surface area contributed by atoms with Crippen molar-refractivity contribution >= 4 is 46.2 Å². The fourth-order valence-electron chi connectivity index (χ4n) is 4.76. The summed E-state index contributed by atoms with van der Waals surface area (Å²) in [4.78, 5) is 53.1. The van der Waals surface area contributed by atoms with Gasteiger partial charge in [0.15, 0.2) is 0 Å². The van der Waals surface area contributed by atoms with E-state index in [9.17, 15) is 19.2 Å². The standard InChI is InChI=1S/C35H38N6O5/c1-7-32(42)38-30-20-25(13-16-28(30)34(44)36-17-18-46-6)37-31-19-24(21-41(5)35(31)45)27-9-8-10-29(22(27)2)39-33(43)23-11-14-26(15-12-23)40(3)4/h7-16,19-21,37H,1,17-18H2,2-6H3,(H,36,44)(H,38,42)(H,39,43). The Morgan fingerprint density at radius 3 is 2.35 bits per heavy atom. The van der Waals surface area contributed by atoms with E-state index >= 15 is 0 Å². The smallest absolute Gasteiger partial charge is 0.274 e. The largest absolute Gasteiger partial charge is 0.383 e. The molecule has 11 nitrogen and oxygen atoms in total. The lowest BCUT2D eigenvalue weighted by Gasteiger charge is -2.16. The average molecular weight is 623 g/mol. The molecule has 0 unspecified atom stereocenters. The summed E-state index contributed by atoms with van der Waals surface area (Å²) in [5.41, 5.74) is 5.49. The normalized spacial score (nSPS) is 10.5. The van der Waals surface area contributed by atoms with E-state index in [0.717, 1.165) is 28.5 Å². The van der Waals surface area contributed by atoms with Crippen molar-refractivity contribution in [2.24, 2.45) is 7.05 Å². The molecule has 0 fully saturated rings. The van der Waals surface area contributed by atoms with Gasteiger partial charge in [0.2, 0.25) is 5.91 Å². The quantitative estimate of drug-likeness (QED) is 0.130. The Kier molecular flexibility index (Phi) is 10.7. The molecule has 4 rings (SSSR count). The van der Waals surface area contributed by atoms with Crippen LogP contribution < -0.4 is 31.7 Å². The fourth-order valence-corrected chi connectivity index (χ4v) is 4.76. The SMILES string of the molecule is C=CC(=O)Nc1cc(Nc2cc(-c3cccc(NC(=O)c4ccc(N(C)C)cc4)c3C)cn(C)c2=O)ccc1C(=O)NCCOC. The van der Waals surface area contributed by atoms with Gasteiger partial charge in [-0.1, -0.05) is 18.7 Å². The maximum atomic E-state index is 13.2. The van der Waals surface area contributed by atoms with Crippen molar-refractivity contribution in [1.82, 2.24) is 9.88 Å². The van der Waals surface area contributed by atoms with Crippen LogP contribution in [-0.4, -0.2) is 56.6 Å². The van der Waals surface area contributed by atoms with Crippen LogP contribution in [0.1, 0.15) is 26.3 Å². The van der Waals surface area contributed by atoms with Crippen LogP contribution in [0.5, 0.6) is 0 Å². The molecule has 4 aromatic rings. The Labute approximate surface area is 267 Å². The van der Waals surface area contributed by atoms with Crippen molar-refractivity contribution in [3.8, 4) is 11.1 Å². The van der Waals surface area contributed by atoms with E-state index in [0.29, 0.717) is 30.1 Å². The van der Waals surface area contributed by atoms with Gasteiger partial charge in [-0.05, 0) is 78.7 Å². The molecule has 0 bridgehead atoms. The number of amides is 3. The summed E-state index contributed by atoms with van der Waals surface area (Å²) >= 11 is 0. The summed E-state index contributed by atoms with van der Waals surface area (Å²) in [6.45, 7) is 6.01. The van der Waals surface area contributed by atoms with Crippen LogP contribution in [0.3, 0.4) is 0 Å². The number of aryl methyl sites for hydroxylation is 1. The second kappa shape index (κ2) is 14.9. The molecule has 46 heavy (non-hydrogen) atoms. The highest BCUT2D eigenvalue weighted by Crippen LogP contribution is 2.31. The number of nitrogens with one attached hydrogen (secondary N) is 4. The topological polar surface area (TPSA) is 134 Å². The average Bonchev–Trinajstić information content (AvgIpc) is 3.04. The first-order valence-corrected chi connectivity index (χ1v) is 14.5. The van der Waals surface area contributed by atoms with Gasteiger partial charge < -0.3 is 35.5 Å². The van der Waals surface area contributed by atoms with Crippen LogP contribution in [0.15, 0.2) is 90.4 Å². The van der Waals surface area contributed by atoms with E-state index in [-0.39, 0.29) is 28.4 Å². The summed E-state index contributed by atoms with van der Waals surface area (Å²) in [5, 5.41) is 11.5. The van der Waals surface area contributed by atoms with Crippen LogP contribution in [0.2, 0.25) is 0 Å². The zero-order valence-corrected chi connectivity index (χ0v) is 26.6. The number of rotatable bonds is 12. The molecule has 4 N–H and O–H groups in total. The van der Waals surface area contributed by atoms with E-state index in [4.69, 9.17) is 4.74 Å². The summed E-state index contributed by atoms with van der Waals surface area (Å²) in [6.07, 6.45) is 2.83. The first kappa shape index (κ1) is 33.2. The maximum Gasteiger partial charge on any atom is 0.274 e. The third-order valence-corrected chi connectivity index (χ3v) is 7.30. The molecule has 1 heterocycles. The van der Waals surface area contributed by atoms with E-state index in [1.807, 2.05) is 56.3 Å². The Balaban J connectivity index is 1.63. The number of hydrogen-bond acceptors (Lipinski definition) is 7. The summed E-state index contributed by atoms with van der Waals surface area (Å²) < 4.78 is 6.45. The zero-order chi connectivity index (χ0) is 33.4. The lowest BCUT2D eigenvalue weighted by molar-refractivity contribution is -0.111. The fraction of sp³-hybridized carbons (Fsp3) is 0.200. The minimum Gasteiger partial charge on any atom is -0.383 e. The molecule has 0 atom stereocenters. The number of nitrogens with zero attached hydrogens (tertiary/aromatic N) is 2. The third kappa shape index (κ3) is 7.88. The van der Waals surface area contributed by atoms with E-state index < -0.39 is 11.8 Å². The Bertz CT molecular complexity index is 1830. The minimum atomic E-state index is -0.492.